The van der Waals surface area contributed by atoms with Crippen molar-refractivity contribution in [1.29, 1.82) is 0 Å². The molecule has 0 aromatic carbocycles. The number of nitrogens with one attached hydrogen (secondary N) is 1. The predicted octanol–water partition coefficient (Wildman–Crippen LogP) is -0.00600. The Hall–Kier alpha value is -1.36. The van der Waals surface area contributed by atoms with Crippen LogP contribution in [-0.4, -0.2) is 27.4 Å². The molecule has 5 heteroatoms. The van der Waals surface area contributed by atoms with Crippen molar-refractivity contribution in [2.24, 2.45) is 0 Å². The quantitative estimate of drug-likeness (QED) is 0.596. The Kier molecular flexibility index (Phi) is 2.02. The van der Waals surface area contributed by atoms with Gasteiger partial charge in [-0.15, -0.1) is 10.2 Å². The standard InChI is InChI=1S/C8H12N4O/c9-7-1-2-8(12-11-7)10-5-3-6(13)4-5/h1-2,5-6,13H,3-4H2,(H2,9,11)(H,10,12). The van der Waals surface area contributed by atoms with E-state index in [4.69, 9.17) is 10.8 Å². The molecule has 0 unspecified atom stereocenters. The molecule has 1 aliphatic carbocycles. The zero-order valence-electron chi connectivity index (χ0n) is 7.14. The van der Waals surface area contributed by atoms with Crippen LogP contribution in [0.25, 0.3) is 0 Å². The fourth-order valence-electron chi connectivity index (χ4n) is 1.33. The number of rotatable bonds is 2. The summed E-state index contributed by atoms with van der Waals surface area (Å²) in [5.41, 5.74) is 5.38. The van der Waals surface area contributed by atoms with E-state index in [1.807, 2.05) is 0 Å². The van der Waals surface area contributed by atoms with E-state index in [1.54, 1.807) is 12.1 Å². The van der Waals surface area contributed by atoms with Crippen LogP contribution in [-0.2, 0) is 0 Å². The van der Waals surface area contributed by atoms with Crippen molar-refractivity contribution in [3.8, 4) is 0 Å². The number of nitrogen functional groups attached to an aromatic ring is 1. The molecule has 1 saturated carbocycles. The largest absolute Gasteiger partial charge is 0.393 e. The smallest absolute Gasteiger partial charge is 0.149 e. The topological polar surface area (TPSA) is 84.1 Å². The first-order valence-corrected chi connectivity index (χ1v) is 4.28. The highest BCUT2D eigenvalue weighted by Gasteiger charge is 2.27. The summed E-state index contributed by atoms with van der Waals surface area (Å²) in [4.78, 5) is 0. The van der Waals surface area contributed by atoms with Gasteiger partial charge in [0.25, 0.3) is 0 Å². The van der Waals surface area contributed by atoms with Crippen molar-refractivity contribution in [3.05, 3.63) is 12.1 Å². The van der Waals surface area contributed by atoms with Gasteiger partial charge in [-0.05, 0) is 25.0 Å². The van der Waals surface area contributed by atoms with Gasteiger partial charge in [-0.2, -0.15) is 0 Å². The van der Waals surface area contributed by atoms with Crippen LogP contribution in [0, 0.1) is 0 Å². The summed E-state index contributed by atoms with van der Waals surface area (Å²) in [5, 5.41) is 19.8. The second-order valence-electron chi connectivity index (χ2n) is 3.31. The molecule has 0 spiro atoms. The Bertz CT molecular complexity index is 281. The van der Waals surface area contributed by atoms with Gasteiger partial charge in [0.05, 0.1) is 6.10 Å². The Labute approximate surface area is 76.0 Å². The highest BCUT2D eigenvalue weighted by Crippen LogP contribution is 2.22. The predicted molar refractivity (Wildman–Crippen MR) is 49.1 cm³/mol. The monoisotopic (exact) mass is 180 g/mol. The molecule has 1 aliphatic rings. The average Bonchev–Trinajstić information content (AvgIpc) is 2.06. The van der Waals surface area contributed by atoms with Gasteiger partial charge in [-0.25, -0.2) is 0 Å². The maximum absolute atomic E-state index is 9.04. The molecule has 0 aliphatic heterocycles. The van der Waals surface area contributed by atoms with Crippen molar-refractivity contribution in [2.45, 2.75) is 25.0 Å². The summed E-state index contributed by atoms with van der Waals surface area (Å²) >= 11 is 0. The summed E-state index contributed by atoms with van der Waals surface area (Å²) in [7, 11) is 0. The van der Waals surface area contributed by atoms with Crippen LogP contribution in [0.1, 0.15) is 12.8 Å². The van der Waals surface area contributed by atoms with E-state index in [9.17, 15) is 0 Å². The van der Waals surface area contributed by atoms with Gasteiger partial charge in [-0.1, -0.05) is 0 Å². The third-order valence-corrected chi connectivity index (χ3v) is 2.15. The number of hydrogen-bond donors (Lipinski definition) is 3. The van der Waals surface area contributed by atoms with Crippen LogP contribution >= 0.6 is 0 Å². The number of aliphatic hydroxyl groups is 1. The lowest BCUT2D eigenvalue weighted by molar-refractivity contribution is 0.0835. The molecule has 0 bridgehead atoms. The molecular weight excluding hydrogens is 168 g/mol. The number of aliphatic hydroxyl groups excluding tert-OH is 1. The number of aromatic nitrogens is 2. The Morgan fingerprint density at radius 2 is 2.15 bits per heavy atom. The van der Waals surface area contributed by atoms with E-state index in [-0.39, 0.29) is 6.10 Å². The van der Waals surface area contributed by atoms with Crippen molar-refractivity contribution in [2.75, 3.05) is 11.1 Å². The molecule has 1 fully saturated rings. The Morgan fingerprint density at radius 1 is 1.38 bits per heavy atom. The molecule has 1 aromatic heterocycles. The maximum atomic E-state index is 9.04. The van der Waals surface area contributed by atoms with Gasteiger partial charge in [0, 0.05) is 6.04 Å². The third kappa shape index (κ3) is 1.86. The fourth-order valence-corrected chi connectivity index (χ4v) is 1.33. The molecule has 0 radical (unpaired) electrons. The first kappa shape index (κ1) is 8.25. The van der Waals surface area contributed by atoms with Crippen molar-refractivity contribution < 1.29 is 5.11 Å². The van der Waals surface area contributed by atoms with Gasteiger partial charge in [0.2, 0.25) is 0 Å². The van der Waals surface area contributed by atoms with Gasteiger partial charge >= 0.3 is 0 Å². The molecule has 0 amide bonds. The summed E-state index contributed by atoms with van der Waals surface area (Å²) in [6.07, 6.45) is 1.41. The Morgan fingerprint density at radius 3 is 2.69 bits per heavy atom. The number of hydrogen-bond acceptors (Lipinski definition) is 5. The summed E-state index contributed by atoms with van der Waals surface area (Å²) in [6, 6.07) is 3.81. The SMILES string of the molecule is Nc1ccc(NC2CC(O)C2)nn1. The van der Waals surface area contributed by atoms with E-state index < -0.39 is 0 Å². The second kappa shape index (κ2) is 3.18. The Balaban J connectivity index is 1.91. The minimum Gasteiger partial charge on any atom is -0.393 e. The minimum absolute atomic E-state index is 0.153. The van der Waals surface area contributed by atoms with E-state index in [0.29, 0.717) is 17.7 Å². The molecule has 1 aromatic rings. The minimum atomic E-state index is -0.153. The van der Waals surface area contributed by atoms with Crippen molar-refractivity contribution in [1.82, 2.24) is 10.2 Å². The van der Waals surface area contributed by atoms with Crippen molar-refractivity contribution in [3.63, 3.8) is 0 Å². The molecule has 4 N–H and O–H groups in total. The van der Waals surface area contributed by atoms with Gasteiger partial charge < -0.3 is 16.2 Å². The maximum Gasteiger partial charge on any atom is 0.149 e. The van der Waals surface area contributed by atoms with Crippen LogP contribution in [0.15, 0.2) is 12.1 Å². The van der Waals surface area contributed by atoms with Crippen molar-refractivity contribution >= 4 is 11.6 Å². The van der Waals surface area contributed by atoms with E-state index in [0.717, 1.165) is 12.8 Å². The van der Waals surface area contributed by atoms with Gasteiger partial charge in [0.1, 0.15) is 11.6 Å². The van der Waals surface area contributed by atoms with E-state index in [1.165, 1.54) is 0 Å². The molecule has 13 heavy (non-hydrogen) atoms. The normalized spacial score (nSPS) is 26.5. The first-order chi connectivity index (χ1) is 6.24. The van der Waals surface area contributed by atoms with Gasteiger partial charge in [-0.3, -0.25) is 0 Å². The molecule has 5 nitrogen and oxygen atoms in total. The molecule has 0 atom stereocenters. The van der Waals surface area contributed by atoms with Crippen LogP contribution in [0.5, 0.6) is 0 Å². The molecule has 0 saturated heterocycles. The second-order valence-corrected chi connectivity index (χ2v) is 3.31. The summed E-state index contributed by atoms with van der Waals surface area (Å²) < 4.78 is 0. The average molecular weight is 180 g/mol. The number of nitrogens with zero attached hydrogens (tertiary/aromatic N) is 2. The number of nitrogens with two attached hydrogens (primary N) is 1. The summed E-state index contributed by atoms with van der Waals surface area (Å²) in [5.74, 6) is 1.13. The zero-order valence-corrected chi connectivity index (χ0v) is 7.14. The highest BCUT2D eigenvalue weighted by molar-refractivity contribution is 5.39. The molecule has 2 rings (SSSR count). The molecular formula is C8H12N4O. The zero-order chi connectivity index (χ0) is 9.26. The lowest BCUT2D eigenvalue weighted by atomic mass is 9.89. The van der Waals surface area contributed by atoms with Crippen LogP contribution in [0.4, 0.5) is 11.6 Å². The molecule has 1 heterocycles. The van der Waals surface area contributed by atoms with E-state index in [2.05, 4.69) is 15.5 Å². The fraction of sp³-hybridized carbons (Fsp3) is 0.500. The first-order valence-electron chi connectivity index (χ1n) is 4.28. The van der Waals surface area contributed by atoms with E-state index >= 15 is 0 Å². The van der Waals surface area contributed by atoms with Crippen LogP contribution < -0.4 is 11.1 Å². The lowest BCUT2D eigenvalue weighted by Gasteiger charge is -2.32. The summed E-state index contributed by atoms with van der Waals surface area (Å²) in [6.45, 7) is 0. The lowest BCUT2D eigenvalue weighted by Crippen LogP contribution is -2.39. The van der Waals surface area contributed by atoms with Crippen LogP contribution in [0.2, 0.25) is 0 Å². The highest BCUT2D eigenvalue weighted by atomic mass is 16.3. The third-order valence-electron chi connectivity index (χ3n) is 2.15. The number of anilines is 2. The molecule has 70 valence electrons. The van der Waals surface area contributed by atoms with Gasteiger partial charge in [0.15, 0.2) is 0 Å². The van der Waals surface area contributed by atoms with Crippen LogP contribution in [0.3, 0.4) is 0 Å².